The van der Waals surface area contributed by atoms with Crippen LogP contribution in [0.15, 0.2) is 12.1 Å². The standard InChI is InChI=1S/C14H10F6N2O2/c15-5-3-7(13(21)11(19)9(5)17)23-1-2-24-8-4-6(16)10(18)12(20)14(8)22/h3-4H,1-2,21-22H2. The van der Waals surface area contributed by atoms with Gasteiger partial charge in [0.1, 0.15) is 36.1 Å². The second-order valence-corrected chi connectivity index (χ2v) is 4.49. The van der Waals surface area contributed by atoms with Crippen LogP contribution in [0.4, 0.5) is 37.7 Å². The Morgan fingerprint density at radius 2 is 0.958 bits per heavy atom. The molecule has 130 valence electrons. The van der Waals surface area contributed by atoms with E-state index in [0.29, 0.717) is 12.1 Å². The lowest BCUT2D eigenvalue weighted by Crippen LogP contribution is -2.13. The molecular weight excluding hydrogens is 342 g/mol. The van der Waals surface area contributed by atoms with Gasteiger partial charge in [-0.25, -0.2) is 26.3 Å². The lowest BCUT2D eigenvalue weighted by molar-refractivity contribution is 0.215. The molecule has 0 heterocycles. The maximum atomic E-state index is 13.2. The summed E-state index contributed by atoms with van der Waals surface area (Å²) >= 11 is 0. The van der Waals surface area contributed by atoms with Crippen molar-refractivity contribution >= 4 is 11.4 Å². The Morgan fingerprint density at radius 3 is 1.29 bits per heavy atom. The Labute approximate surface area is 131 Å². The summed E-state index contributed by atoms with van der Waals surface area (Å²) < 4.78 is 88.2. The second kappa shape index (κ2) is 6.77. The fraction of sp³-hybridized carbons (Fsp3) is 0.143. The van der Waals surface area contributed by atoms with Crippen molar-refractivity contribution in [2.75, 3.05) is 24.7 Å². The normalized spacial score (nSPS) is 10.8. The van der Waals surface area contributed by atoms with E-state index in [1.807, 2.05) is 0 Å². The number of anilines is 2. The van der Waals surface area contributed by atoms with Gasteiger partial charge in [0.25, 0.3) is 0 Å². The minimum atomic E-state index is -1.75. The van der Waals surface area contributed by atoms with Crippen molar-refractivity contribution in [3.63, 3.8) is 0 Å². The highest BCUT2D eigenvalue weighted by Gasteiger charge is 2.19. The summed E-state index contributed by atoms with van der Waals surface area (Å²) in [7, 11) is 0. The number of halogens is 6. The molecule has 4 nitrogen and oxygen atoms in total. The first kappa shape index (κ1) is 17.6. The van der Waals surface area contributed by atoms with Gasteiger partial charge in [-0.3, -0.25) is 0 Å². The first-order chi connectivity index (χ1) is 11.2. The Bertz CT molecular complexity index is 719. The van der Waals surface area contributed by atoms with Crippen LogP contribution in [-0.2, 0) is 0 Å². The summed E-state index contributed by atoms with van der Waals surface area (Å²) in [6, 6.07) is 1.05. The van der Waals surface area contributed by atoms with Gasteiger partial charge in [0, 0.05) is 12.1 Å². The van der Waals surface area contributed by atoms with Crippen molar-refractivity contribution < 1.29 is 35.8 Å². The van der Waals surface area contributed by atoms with E-state index in [-0.39, 0.29) is 13.2 Å². The van der Waals surface area contributed by atoms with Crippen LogP contribution in [0.1, 0.15) is 0 Å². The monoisotopic (exact) mass is 352 g/mol. The Kier molecular flexibility index (Phi) is 4.96. The summed E-state index contributed by atoms with van der Waals surface area (Å²) in [5.74, 6) is -10.7. The molecule has 0 amide bonds. The van der Waals surface area contributed by atoms with Gasteiger partial charge in [0.2, 0.25) is 0 Å². The average molecular weight is 352 g/mol. The molecule has 0 unspecified atom stereocenters. The van der Waals surface area contributed by atoms with Crippen molar-refractivity contribution in [2.45, 2.75) is 0 Å². The first-order valence-corrected chi connectivity index (χ1v) is 6.35. The molecule has 0 bridgehead atoms. The largest absolute Gasteiger partial charge is 0.488 e. The van der Waals surface area contributed by atoms with E-state index in [2.05, 4.69) is 0 Å². The molecule has 0 radical (unpaired) electrons. The van der Waals surface area contributed by atoms with Gasteiger partial charge in [-0.2, -0.15) is 0 Å². The highest BCUT2D eigenvalue weighted by molar-refractivity contribution is 5.55. The smallest absolute Gasteiger partial charge is 0.196 e. The SMILES string of the molecule is Nc1c(OCCOc2cc(F)c(F)c(F)c2N)cc(F)c(F)c1F. The van der Waals surface area contributed by atoms with E-state index in [1.54, 1.807) is 0 Å². The van der Waals surface area contributed by atoms with Crippen LogP contribution in [0, 0.1) is 34.9 Å². The summed E-state index contributed by atoms with van der Waals surface area (Å²) in [6.07, 6.45) is 0. The highest BCUT2D eigenvalue weighted by Crippen LogP contribution is 2.30. The molecule has 0 saturated heterocycles. The van der Waals surface area contributed by atoms with Crippen molar-refractivity contribution in [1.82, 2.24) is 0 Å². The lowest BCUT2D eigenvalue weighted by Gasteiger charge is -2.13. The zero-order valence-corrected chi connectivity index (χ0v) is 11.8. The third-order valence-electron chi connectivity index (χ3n) is 2.92. The molecule has 0 aliphatic rings. The van der Waals surface area contributed by atoms with Crippen LogP contribution >= 0.6 is 0 Å². The predicted molar refractivity (Wildman–Crippen MR) is 72.4 cm³/mol. The molecular formula is C14H10F6N2O2. The molecule has 0 saturated carbocycles. The van der Waals surface area contributed by atoms with E-state index in [9.17, 15) is 26.3 Å². The molecule has 2 rings (SSSR count). The van der Waals surface area contributed by atoms with Crippen LogP contribution in [0.3, 0.4) is 0 Å². The molecule has 2 aromatic carbocycles. The van der Waals surface area contributed by atoms with Gasteiger partial charge >= 0.3 is 0 Å². The molecule has 4 N–H and O–H groups in total. The molecule has 24 heavy (non-hydrogen) atoms. The van der Waals surface area contributed by atoms with E-state index in [4.69, 9.17) is 20.9 Å². The number of nitrogens with two attached hydrogens (primary N) is 2. The maximum absolute atomic E-state index is 13.2. The topological polar surface area (TPSA) is 70.5 Å². The summed E-state index contributed by atoms with van der Waals surface area (Å²) in [5.41, 5.74) is 8.92. The van der Waals surface area contributed by atoms with Gasteiger partial charge in [0.05, 0.1) is 0 Å². The zero-order valence-electron chi connectivity index (χ0n) is 11.8. The van der Waals surface area contributed by atoms with Crippen molar-refractivity contribution in [1.29, 1.82) is 0 Å². The van der Waals surface area contributed by atoms with Crippen molar-refractivity contribution in [2.24, 2.45) is 0 Å². The van der Waals surface area contributed by atoms with Gasteiger partial charge in [-0.05, 0) is 0 Å². The third-order valence-corrected chi connectivity index (χ3v) is 2.92. The predicted octanol–water partition coefficient (Wildman–Crippen LogP) is 3.14. The zero-order chi connectivity index (χ0) is 18.0. The summed E-state index contributed by atoms with van der Waals surface area (Å²) in [4.78, 5) is 0. The number of nitrogen functional groups attached to an aromatic ring is 2. The fourth-order valence-electron chi connectivity index (χ4n) is 1.72. The van der Waals surface area contributed by atoms with Crippen LogP contribution in [0.25, 0.3) is 0 Å². The third kappa shape index (κ3) is 3.26. The van der Waals surface area contributed by atoms with Gasteiger partial charge in [-0.1, -0.05) is 0 Å². The van der Waals surface area contributed by atoms with Crippen molar-refractivity contribution in [3.8, 4) is 11.5 Å². The van der Waals surface area contributed by atoms with Crippen LogP contribution in [-0.4, -0.2) is 13.2 Å². The molecule has 0 aromatic heterocycles. The maximum Gasteiger partial charge on any atom is 0.196 e. The molecule has 0 fully saturated rings. The molecule has 10 heteroatoms. The minimum absolute atomic E-state index is 0.380. The number of hydrogen-bond acceptors (Lipinski definition) is 4. The molecule has 0 aliphatic carbocycles. The summed E-state index contributed by atoms with van der Waals surface area (Å²) in [5, 5.41) is 0. The fourth-order valence-corrected chi connectivity index (χ4v) is 1.72. The molecule has 0 atom stereocenters. The minimum Gasteiger partial charge on any atom is -0.488 e. The van der Waals surface area contributed by atoms with Crippen LogP contribution < -0.4 is 20.9 Å². The number of hydrogen-bond donors (Lipinski definition) is 2. The molecule has 0 aliphatic heterocycles. The van der Waals surface area contributed by atoms with Gasteiger partial charge in [-0.15, -0.1) is 0 Å². The number of benzene rings is 2. The van der Waals surface area contributed by atoms with Crippen molar-refractivity contribution in [3.05, 3.63) is 47.0 Å². The molecule has 0 spiro atoms. The number of rotatable bonds is 5. The van der Waals surface area contributed by atoms with Crippen LogP contribution in [0.2, 0.25) is 0 Å². The first-order valence-electron chi connectivity index (χ1n) is 6.35. The van der Waals surface area contributed by atoms with Gasteiger partial charge < -0.3 is 20.9 Å². The Morgan fingerprint density at radius 1 is 0.625 bits per heavy atom. The average Bonchev–Trinajstić information content (AvgIpc) is 2.56. The second-order valence-electron chi connectivity index (χ2n) is 4.49. The number of ether oxygens (including phenoxy) is 2. The van der Waals surface area contributed by atoms with E-state index in [0.717, 1.165) is 0 Å². The Balaban J connectivity index is 2.02. The van der Waals surface area contributed by atoms with E-state index >= 15 is 0 Å². The van der Waals surface area contributed by atoms with E-state index in [1.165, 1.54) is 0 Å². The summed E-state index contributed by atoms with van der Waals surface area (Å²) in [6.45, 7) is -0.760. The lowest BCUT2D eigenvalue weighted by atomic mass is 10.2. The van der Waals surface area contributed by atoms with Gasteiger partial charge in [0.15, 0.2) is 34.9 Å². The molecule has 2 aromatic rings. The highest BCUT2D eigenvalue weighted by atomic mass is 19.2. The Hall–Kier alpha value is -2.78. The van der Waals surface area contributed by atoms with E-state index < -0.39 is 57.8 Å². The van der Waals surface area contributed by atoms with Crippen LogP contribution in [0.5, 0.6) is 11.5 Å². The quantitative estimate of drug-likeness (QED) is 0.375.